The van der Waals surface area contributed by atoms with Gasteiger partial charge in [-0.05, 0) is 18.6 Å². The number of likely N-dealkylation sites (tertiary alicyclic amines) is 1. The molecule has 1 aromatic rings. The van der Waals surface area contributed by atoms with Crippen molar-refractivity contribution in [3.63, 3.8) is 0 Å². The molecule has 0 radical (unpaired) electrons. The van der Waals surface area contributed by atoms with Crippen LogP contribution >= 0.6 is 23.2 Å². The molecule has 0 spiro atoms. The summed E-state index contributed by atoms with van der Waals surface area (Å²) in [7, 11) is 0. The number of halogens is 2. The van der Waals surface area contributed by atoms with Crippen LogP contribution in [0.15, 0.2) is 12.1 Å². The third kappa shape index (κ3) is 2.55. The lowest BCUT2D eigenvalue weighted by Gasteiger charge is -2.17. The fourth-order valence-electron chi connectivity index (χ4n) is 2.08. The number of hydrogen-bond acceptors (Lipinski definition) is 3. The fraction of sp³-hybridized carbons (Fsp3) is 0.417. The lowest BCUT2D eigenvalue weighted by molar-refractivity contribution is 0.0782. The molecule has 98 valence electrons. The van der Waals surface area contributed by atoms with Gasteiger partial charge in [0.05, 0.1) is 15.7 Å². The molecule has 0 saturated carbocycles. The Bertz CT molecular complexity index is 456. The number of nitrogen functional groups attached to an aromatic ring is 1. The van der Waals surface area contributed by atoms with E-state index < -0.39 is 0 Å². The number of carbonyl (C=O) groups is 1. The van der Waals surface area contributed by atoms with Crippen molar-refractivity contribution < 1.29 is 9.90 Å². The van der Waals surface area contributed by atoms with Crippen molar-refractivity contribution >= 4 is 34.8 Å². The van der Waals surface area contributed by atoms with Gasteiger partial charge in [0, 0.05) is 31.2 Å². The Balaban J connectivity index is 2.19. The molecule has 1 fully saturated rings. The van der Waals surface area contributed by atoms with Crippen LogP contribution in [0.4, 0.5) is 5.69 Å². The van der Waals surface area contributed by atoms with Crippen molar-refractivity contribution in [2.24, 2.45) is 5.92 Å². The first-order valence-corrected chi connectivity index (χ1v) is 6.43. The van der Waals surface area contributed by atoms with Gasteiger partial charge in [-0.25, -0.2) is 0 Å². The molecule has 1 atom stereocenters. The Morgan fingerprint density at radius 1 is 1.50 bits per heavy atom. The van der Waals surface area contributed by atoms with Crippen LogP contribution in [0.2, 0.25) is 10.0 Å². The van der Waals surface area contributed by atoms with Crippen LogP contribution in [0, 0.1) is 5.92 Å². The van der Waals surface area contributed by atoms with E-state index in [2.05, 4.69) is 0 Å². The highest BCUT2D eigenvalue weighted by Crippen LogP contribution is 2.30. The first kappa shape index (κ1) is 13.5. The van der Waals surface area contributed by atoms with Gasteiger partial charge in [0.25, 0.3) is 5.91 Å². The van der Waals surface area contributed by atoms with E-state index in [1.54, 1.807) is 4.90 Å². The van der Waals surface area contributed by atoms with Crippen LogP contribution in [0.1, 0.15) is 16.8 Å². The monoisotopic (exact) mass is 288 g/mol. The molecule has 0 aromatic heterocycles. The predicted molar refractivity (Wildman–Crippen MR) is 72.0 cm³/mol. The molecular formula is C12H14Cl2N2O2. The second-order valence-corrected chi connectivity index (χ2v) is 5.23. The van der Waals surface area contributed by atoms with Crippen molar-refractivity contribution in [2.45, 2.75) is 6.42 Å². The molecule has 1 aromatic carbocycles. The Labute approximate surface area is 115 Å². The molecule has 3 N–H and O–H groups in total. The molecule has 1 heterocycles. The van der Waals surface area contributed by atoms with Gasteiger partial charge in [-0.2, -0.15) is 0 Å². The summed E-state index contributed by atoms with van der Waals surface area (Å²) < 4.78 is 0. The number of hydrogen-bond donors (Lipinski definition) is 2. The van der Waals surface area contributed by atoms with E-state index in [-0.39, 0.29) is 28.5 Å². The Morgan fingerprint density at radius 2 is 2.22 bits per heavy atom. The Morgan fingerprint density at radius 3 is 2.78 bits per heavy atom. The number of nitrogens with two attached hydrogens (primary N) is 1. The third-order valence-electron chi connectivity index (χ3n) is 3.13. The third-order valence-corrected chi connectivity index (χ3v) is 3.95. The number of nitrogens with zero attached hydrogens (tertiary/aromatic N) is 1. The van der Waals surface area contributed by atoms with Crippen molar-refractivity contribution in [2.75, 3.05) is 25.4 Å². The number of carbonyl (C=O) groups excluding carboxylic acids is 1. The van der Waals surface area contributed by atoms with E-state index in [0.29, 0.717) is 24.3 Å². The van der Waals surface area contributed by atoms with Gasteiger partial charge in [-0.15, -0.1) is 0 Å². The maximum Gasteiger partial charge on any atom is 0.253 e. The van der Waals surface area contributed by atoms with Gasteiger partial charge >= 0.3 is 0 Å². The van der Waals surface area contributed by atoms with Crippen LogP contribution in [-0.4, -0.2) is 35.6 Å². The highest BCUT2D eigenvalue weighted by Gasteiger charge is 2.26. The van der Waals surface area contributed by atoms with Gasteiger partial charge in [0.15, 0.2) is 0 Å². The molecule has 2 rings (SSSR count). The average Bonchev–Trinajstić information content (AvgIpc) is 2.83. The average molecular weight is 289 g/mol. The zero-order chi connectivity index (χ0) is 13.3. The van der Waals surface area contributed by atoms with Crippen LogP contribution in [0.5, 0.6) is 0 Å². The van der Waals surface area contributed by atoms with Crippen molar-refractivity contribution in [3.05, 3.63) is 27.7 Å². The summed E-state index contributed by atoms with van der Waals surface area (Å²) in [6.45, 7) is 1.31. The summed E-state index contributed by atoms with van der Waals surface area (Å²) in [5, 5.41) is 9.61. The highest BCUT2D eigenvalue weighted by molar-refractivity contribution is 6.43. The maximum absolute atomic E-state index is 12.2. The van der Waals surface area contributed by atoms with Crippen LogP contribution in [0.3, 0.4) is 0 Å². The van der Waals surface area contributed by atoms with E-state index in [9.17, 15) is 4.79 Å². The lowest BCUT2D eigenvalue weighted by atomic mass is 10.1. The van der Waals surface area contributed by atoms with Gasteiger partial charge in [0.2, 0.25) is 0 Å². The number of amides is 1. The standard InChI is InChI=1S/C12H14Cl2N2O2/c13-9-3-8(4-10(15)11(9)14)12(18)16-2-1-7(5-16)6-17/h3-4,7,17H,1-2,5-6,15H2. The molecule has 6 heteroatoms. The predicted octanol–water partition coefficient (Wildman–Crippen LogP) is 2.03. The number of rotatable bonds is 2. The van der Waals surface area contributed by atoms with E-state index in [1.165, 1.54) is 12.1 Å². The molecule has 4 nitrogen and oxygen atoms in total. The molecule has 0 aliphatic carbocycles. The second kappa shape index (κ2) is 5.34. The van der Waals surface area contributed by atoms with Crippen molar-refractivity contribution in [1.82, 2.24) is 4.90 Å². The summed E-state index contributed by atoms with van der Waals surface area (Å²) >= 11 is 11.7. The van der Waals surface area contributed by atoms with Gasteiger partial charge in [-0.3, -0.25) is 4.79 Å². The molecule has 1 amide bonds. The summed E-state index contributed by atoms with van der Waals surface area (Å²) in [5.74, 6) is 0.0327. The molecule has 1 aliphatic rings. The molecule has 0 bridgehead atoms. The SMILES string of the molecule is Nc1cc(C(=O)N2CCC(CO)C2)cc(Cl)c1Cl. The quantitative estimate of drug-likeness (QED) is 0.819. The lowest BCUT2D eigenvalue weighted by Crippen LogP contribution is -2.29. The second-order valence-electron chi connectivity index (χ2n) is 4.45. The Hall–Kier alpha value is -0.970. The fourth-order valence-corrected chi connectivity index (χ4v) is 2.42. The molecule has 1 saturated heterocycles. The number of benzene rings is 1. The zero-order valence-electron chi connectivity index (χ0n) is 9.70. The van der Waals surface area contributed by atoms with Gasteiger partial charge in [0.1, 0.15) is 0 Å². The molecule has 1 aliphatic heterocycles. The number of aliphatic hydroxyl groups is 1. The number of aliphatic hydroxyl groups excluding tert-OH is 1. The summed E-state index contributed by atoms with van der Waals surface area (Å²) in [5.41, 5.74) is 6.41. The molecular weight excluding hydrogens is 275 g/mol. The van der Waals surface area contributed by atoms with E-state index in [1.807, 2.05) is 0 Å². The first-order valence-electron chi connectivity index (χ1n) is 5.67. The van der Waals surface area contributed by atoms with Crippen LogP contribution < -0.4 is 5.73 Å². The topological polar surface area (TPSA) is 66.6 Å². The minimum atomic E-state index is -0.129. The van der Waals surface area contributed by atoms with Gasteiger partial charge < -0.3 is 15.7 Å². The summed E-state index contributed by atoms with van der Waals surface area (Å²) in [4.78, 5) is 13.9. The summed E-state index contributed by atoms with van der Waals surface area (Å²) in [6, 6.07) is 3.05. The van der Waals surface area contributed by atoms with E-state index in [0.717, 1.165) is 6.42 Å². The normalized spacial score (nSPS) is 19.3. The van der Waals surface area contributed by atoms with Gasteiger partial charge in [-0.1, -0.05) is 23.2 Å². The van der Waals surface area contributed by atoms with E-state index >= 15 is 0 Å². The largest absolute Gasteiger partial charge is 0.397 e. The number of anilines is 1. The molecule has 1 unspecified atom stereocenters. The summed E-state index contributed by atoms with van der Waals surface area (Å²) in [6.07, 6.45) is 0.818. The molecule has 18 heavy (non-hydrogen) atoms. The van der Waals surface area contributed by atoms with Crippen LogP contribution in [0.25, 0.3) is 0 Å². The van der Waals surface area contributed by atoms with Crippen molar-refractivity contribution in [3.8, 4) is 0 Å². The van der Waals surface area contributed by atoms with E-state index in [4.69, 9.17) is 34.0 Å². The smallest absolute Gasteiger partial charge is 0.253 e. The Kier molecular flexibility index (Phi) is 4.00. The minimum Gasteiger partial charge on any atom is -0.397 e. The van der Waals surface area contributed by atoms with Crippen molar-refractivity contribution in [1.29, 1.82) is 0 Å². The highest BCUT2D eigenvalue weighted by atomic mass is 35.5. The van der Waals surface area contributed by atoms with Crippen LogP contribution in [-0.2, 0) is 0 Å². The maximum atomic E-state index is 12.2. The first-order chi connectivity index (χ1) is 8.52. The minimum absolute atomic E-state index is 0.104. The zero-order valence-corrected chi connectivity index (χ0v) is 11.2.